The maximum absolute atomic E-state index is 13.5. The first-order chi connectivity index (χ1) is 13.6. The van der Waals surface area contributed by atoms with Crippen LogP contribution in [-0.4, -0.2) is 10.2 Å². The van der Waals surface area contributed by atoms with Crippen molar-refractivity contribution in [2.24, 2.45) is 0 Å². The predicted molar refractivity (Wildman–Crippen MR) is 108 cm³/mol. The summed E-state index contributed by atoms with van der Waals surface area (Å²) in [5, 5.41) is 12.0. The zero-order chi connectivity index (χ0) is 19.5. The van der Waals surface area contributed by atoms with E-state index in [1.807, 2.05) is 42.5 Å². The molecule has 1 atom stereocenters. The van der Waals surface area contributed by atoms with Gasteiger partial charge in [0.2, 0.25) is 11.8 Å². The van der Waals surface area contributed by atoms with Gasteiger partial charge in [-0.1, -0.05) is 42.5 Å². The summed E-state index contributed by atoms with van der Waals surface area (Å²) < 4.78 is 19.4. The highest BCUT2D eigenvalue weighted by Gasteiger charge is 2.22. The Morgan fingerprint density at radius 1 is 0.857 bits per heavy atom. The van der Waals surface area contributed by atoms with Crippen LogP contribution in [0.4, 0.5) is 10.1 Å². The topological polar surface area (TPSA) is 51.0 Å². The molecule has 0 aliphatic rings. The minimum atomic E-state index is -0.397. The van der Waals surface area contributed by atoms with E-state index in [0.29, 0.717) is 11.8 Å². The Morgan fingerprint density at radius 3 is 2.36 bits per heavy atom. The Labute approximate surface area is 163 Å². The van der Waals surface area contributed by atoms with Gasteiger partial charge in [-0.05, 0) is 60.9 Å². The van der Waals surface area contributed by atoms with Gasteiger partial charge < -0.3 is 9.73 Å². The number of benzene rings is 3. The summed E-state index contributed by atoms with van der Waals surface area (Å²) in [5.74, 6) is 0.585. The lowest BCUT2D eigenvalue weighted by Crippen LogP contribution is -2.14. The molecule has 4 nitrogen and oxygen atoms in total. The van der Waals surface area contributed by atoms with E-state index in [1.165, 1.54) is 17.7 Å². The maximum Gasteiger partial charge on any atom is 0.247 e. The molecule has 0 saturated heterocycles. The van der Waals surface area contributed by atoms with Crippen molar-refractivity contribution in [1.82, 2.24) is 10.2 Å². The van der Waals surface area contributed by atoms with Crippen molar-refractivity contribution in [3.63, 3.8) is 0 Å². The van der Waals surface area contributed by atoms with E-state index in [9.17, 15) is 4.39 Å². The van der Waals surface area contributed by atoms with Crippen molar-refractivity contribution >= 4 is 5.69 Å². The lowest BCUT2D eigenvalue weighted by molar-refractivity contribution is 0.493. The number of halogens is 1. The molecule has 0 radical (unpaired) electrons. The van der Waals surface area contributed by atoms with Crippen molar-refractivity contribution in [2.75, 3.05) is 5.32 Å². The Balaban J connectivity index is 1.74. The van der Waals surface area contributed by atoms with Gasteiger partial charge in [0.1, 0.15) is 11.9 Å². The van der Waals surface area contributed by atoms with Crippen molar-refractivity contribution in [3.8, 4) is 11.5 Å². The molecule has 28 heavy (non-hydrogen) atoms. The van der Waals surface area contributed by atoms with Gasteiger partial charge in [-0.25, -0.2) is 4.39 Å². The standard InChI is InChI=1S/C23H20FN3O/c1-15-7-6-10-20(16(15)2)25-21(17-11-13-19(24)14-12-17)23-27-26-22(28-23)18-8-4-3-5-9-18/h3-14,21,25H,1-2H3/t21-/m1/s1. The van der Waals surface area contributed by atoms with Crippen LogP contribution in [-0.2, 0) is 0 Å². The zero-order valence-electron chi connectivity index (χ0n) is 15.7. The molecular weight excluding hydrogens is 353 g/mol. The third-order valence-electron chi connectivity index (χ3n) is 4.82. The van der Waals surface area contributed by atoms with Gasteiger partial charge in [0.05, 0.1) is 0 Å². The number of hydrogen-bond donors (Lipinski definition) is 1. The van der Waals surface area contributed by atoms with E-state index in [0.717, 1.165) is 22.4 Å². The van der Waals surface area contributed by atoms with E-state index in [-0.39, 0.29) is 5.82 Å². The van der Waals surface area contributed by atoms with Gasteiger partial charge in [0, 0.05) is 11.3 Å². The molecule has 1 aromatic heterocycles. The van der Waals surface area contributed by atoms with Crippen molar-refractivity contribution in [1.29, 1.82) is 0 Å². The molecule has 4 aromatic rings. The van der Waals surface area contributed by atoms with E-state index in [4.69, 9.17) is 4.42 Å². The molecule has 0 spiro atoms. The second-order valence-electron chi connectivity index (χ2n) is 6.69. The minimum Gasteiger partial charge on any atom is -0.418 e. The van der Waals surface area contributed by atoms with Crippen LogP contribution in [0.5, 0.6) is 0 Å². The SMILES string of the molecule is Cc1cccc(N[C@H](c2ccc(F)cc2)c2nnc(-c3ccccc3)o2)c1C. The Kier molecular flexibility index (Phi) is 4.89. The van der Waals surface area contributed by atoms with Gasteiger partial charge in [-0.3, -0.25) is 0 Å². The second-order valence-corrected chi connectivity index (χ2v) is 6.69. The van der Waals surface area contributed by atoms with Crippen LogP contribution in [0.3, 0.4) is 0 Å². The fourth-order valence-corrected chi connectivity index (χ4v) is 3.05. The van der Waals surface area contributed by atoms with Gasteiger partial charge in [0.25, 0.3) is 0 Å². The number of rotatable bonds is 5. The molecule has 0 saturated carbocycles. The van der Waals surface area contributed by atoms with Crippen LogP contribution in [0.15, 0.2) is 77.2 Å². The molecule has 4 rings (SSSR count). The molecule has 0 aliphatic carbocycles. The largest absolute Gasteiger partial charge is 0.418 e. The average Bonchev–Trinajstić information content (AvgIpc) is 3.21. The third kappa shape index (κ3) is 3.64. The van der Waals surface area contributed by atoms with E-state index in [1.54, 1.807) is 12.1 Å². The summed E-state index contributed by atoms with van der Waals surface area (Å²) in [4.78, 5) is 0. The second kappa shape index (κ2) is 7.64. The summed E-state index contributed by atoms with van der Waals surface area (Å²) in [6.45, 7) is 4.12. The summed E-state index contributed by atoms with van der Waals surface area (Å²) in [6, 6.07) is 21.6. The van der Waals surface area contributed by atoms with E-state index >= 15 is 0 Å². The van der Waals surface area contributed by atoms with Crippen LogP contribution in [0.2, 0.25) is 0 Å². The van der Waals surface area contributed by atoms with Crippen LogP contribution in [0.1, 0.15) is 28.6 Å². The van der Waals surface area contributed by atoms with Crippen molar-refractivity contribution in [3.05, 3.63) is 101 Å². The number of anilines is 1. The highest BCUT2D eigenvalue weighted by Crippen LogP contribution is 2.30. The third-order valence-corrected chi connectivity index (χ3v) is 4.82. The fourth-order valence-electron chi connectivity index (χ4n) is 3.05. The van der Waals surface area contributed by atoms with Gasteiger partial charge in [-0.2, -0.15) is 0 Å². The quantitative estimate of drug-likeness (QED) is 0.488. The average molecular weight is 373 g/mol. The number of hydrogen-bond acceptors (Lipinski definition) is 4. The van der Waals surface area contributed by atoms with Gasteiger partial charge in [0.15, 0.2) is 0 Å². The highest BCUT2D eigenvalue weighted by atomic mass is 19.1. The number of nitrogens with zero attached hydrogens (tertiary/aromatic N) is 2. The molecule has 1 heterocycles. The lowest BCUT2D eigenvalue weighted by atomic mass is 10.0. The van der Waals surface area contributed by atoms with E-state index in [2.05, 4.69) is 35.4 Å². The molecule has 140 valence electrons. The lowest BCUT2D eigenvalue weighted by Gasteiger charge is -2.19. The molecule has 0 aliphatic heterocycles. The van der Waals surface area contributed by atoms with Crippen molar-refractivity contribution in [2.45, 2.75) is 19.9 Å². The summed E-state index contributed by atoms with van der Waals surface area (Å²) in [6.07, 6.45) is 0. The number of aryl methyl sites for hydroxylation is 1. The molecule has 0 bridgehead atoms. The summed E-state index contributed by atoms with van der Waals surface area (Å²) in [7, 11) is 0. The normalized spacial score (nSPS) is 12.0. The molecule has 1 N–H and O–H groups in total. The van der Waals surface area contributed by atoms with Gasteiger partial charge in [-0.15, -0.1) is 10.2 Å². The smallest absolute Gasteiger partial charge is 0.247 e. The Bertz CT molecular complexity index is 1070. The van der Waals surface area contributed by atoms with Crippen LogP contribution >= 0.6 is 0 Å². The predicted octanol–water partition coefficient (Wildman–Crippen LogP) is 5.69. The minimum absolute atomic E-state index is 0.287. The summed E-state index contributed by atoms with van der Waals surface area (Å²) >= 11 is 0. The number of aromatic nitrogens is 2. The molecule has 3 aromatic carbocycles. The van der Waals surface area contributed by atoms with Crippen molar-refractivity contribution < 1.29 is 8.81 Å². The Morgan fingerprint density at radius 2 is 1.61 bits per heavy atom. The van der Waals surface area contributed by atoms with Gasteiger partial charge >= 0.3 is 0 Å². The van der Waals surface area contributed by atoms with Crippen LogP contribution in [0, 0.1) is 19.7 Å². The van der Waals surface area contributed by atoms with Crippen LogP contribution in [0.25, 0.3) is 11.5 Å². The van der Waals surface area contributed by atoms with Crippen LogP contribution < -0.4 is 5.32 Å². The highest BCUT2D eigenvalue weighted by molar-refractivity contribution is 5.56. The molecular formula is C23H20FN3O. The first kappa shape index (κ1) is 17.9. The monoisotopic (exact) mass is 373 g/mol. The molecule has 0 fully saturated rings. The maximum atomic E-state index is 13.5. The Hall–Kier alpha value is -3.47. The fraction of sp³-hybridized carbons (Fsp3) is 0.130. The molecule has 0 unspecified atom stereocenters. The molecule has 5 heteroatoms. The number of nitrogens with one attached hydrogen (secondary N) is 1. The van der Waals surface area contributed by atoms with E-state index < -0.39 is 6.04 Å². The zero-order valence-corrected chi connectivity index (χ0v) is 15.7. The molecule has 0 amide bonds. The first-order valence-corrected chi connectivity index (χ1v) is 9.09. The summed E-state index contributed by atoms with van der Waals surface area (Å²) in [5.41, 5.74) is 4.97. The first-order valence-electron chi connectivity index (χ1n) is 9.09.